The average molecular weight is 330 g/mol. The summed E-state index contributed by atoms with van der Waals surface area (Å²) in [6, 6.07) is 11.3. The van der Waals surface area contributed by atoms with Gasteiger partial charge in [0, 0.05) is 6.42 Å². The number of nitriles is 1. The molecule has 0 bridgehead atoms. The Morgan fingerprint density at radius 1 is 1.17 bits per heavy atom. The third-order valence-corrected chi connectivity index (χ3v) is 3.51. The van der Waals surface area contributed by atoms with Crippen LogP contribution in [0.15, 0.2) is 36.4 Å². The maximum absolute atomic E-state index is 12.3. The number of nitrogens with zero attached hydrogens (tertiary/aromatic N) is 1. The normalized spacial score (nSPS) is 12.9. The number of halogens is 1. The third kappa shape index (κ3) is 3.38. The molecule has 5 nitrogen and oxygen atoms in total. The van der Waals surface area contributed by atoms with Crippen LogP contribution in [0.1, 0.15) is 22.3 Å². The van der Waals surface area contributed by atoms with E-state index in [4.69, 9.17) is 31.1 Å². The number of ether oxygens (including phenoxy) is 3. The Morgan fingerprint density at radius 3 is 2.65 bits per heavy atom. The molecule has 1 heterocycles. The van der Waals surface area contributed by atoms with E-state index < -0.39 is 5.97 Å². The number of rotatable bonds is 2. The molecule has 0 amide bonds. The van der Waals surface area contributed by atoms with Gasteiger partial charge in [0.15, 0.2) is 11.5 Å². The van der Waals surface area contributed by atoms with Crippen molar-refractivity contribution < 1.29 is 19.0 Å². The number of hydrogen-bond donors (Lipinski definition) is 0. The van der Waals surface area contributed by atoms with Gasteiger partial charge in [-0.15, -0.1) is 0 Å². The molecule has 2 aromatic carbocycles. The van der Waals surface area contributed by atoms with Gasteiger partial charge in [-0.2, -0.15) is 5.26 Å². The molecule has 0 atom stereocenters. The SMILES string of the molecule is N#Cc1ccc(OC(=O)c2cc(Cl)c3c(c2)OCCCO3)cc1. The van der Waals surface area contributed by atoms with Crippen LogP contribution in [0.4, 0.5) is 0 Å². The lowest BCUT2D eigenvalue weighted by Gasteiger charge is -2.11. The molecule has 1 aliphatic heterocycles. The van der Waals surface area contributed by atoms with E-state index in [1.54, 1.807) is 30.3 Å². The van der Waals surface area contributed by atoms with Gasteiger partial charge in [0.2, 0.25) is 0 Å². The molecule has 2 aromatic rings. The zero-order valence-corrected chi connectivity index (χ0v) is 12.8. The van der Waals surface area contributed by atoms with Crippen LogP contribution in [0.3, 0.4) is 0 Å². The molecule has 0 saturated carbocycles. The molecule has 23 heavy (non-hydrogen) atoms. The molecule has 0 N–H and O–H groups in total. The van der Waals surface area contributed by atoms with Gasteiger partial charge in [-0.3, -0.25) is 0 Å². The quantitative estimate of drug-likeness (QED) is 0.622. The van der Waals surface area contributed by atoms with Crippen molar-refractivity contribution in [1.29, 1.82) is 5.26 Å². The minimum atomic E-state index is -0.563. The topological polar surface area (TPSA) is 68.5 Å². The standard InChI is InChI=1S/C17H12ClNO4/c18-14-8-12(9-15-16(14)22-7-1-6-21-15)17(20)23-13-4-2-11(10-19)3-5-13/h2-5,8-9H,1,6-7H2. The lowest BCUT2D eigenvalue weighted by Crippen LogP contribution is -2.09. The van der Waals surface area contributed by atoms with Gasteiger partial charge in [0.25, 0.3) is 0 Å². The van der Waals surface area contributed by atoms with Crippen LogP contribution in [0.5, 0.6) is 17.2 Å². The molecule has 1 aliphatic rings. The minimum absolute atomic E-state index is 0.267. The average Bonchev–Trinajstić information content (AvgIpc) is 2.81. The Balaban J connectivity index is 1.83. The molecule has 0 saturated heterocycles. The zero-order valence-electron chi connectivity index (χ0n) is 12.0. The van der Waals surface area contributed by atoms with Crippen LogP contribution in [0.25, 0.3) is 0 Å². The summed E-state index contributed by atoms with van der Waals surface area (Å²) in [6.45, 7) is 1.01. The van der Waals surface area contributed by atoms with E-state index in [0.29, 0.717) is 41.0 Å². The van der Waals surface area contributed by atoms with Gasteiger partial charge in [-0.05, 0) is 36.4 Å². The summed E-state index contributed by atoms with van der Waals surface area (Å²) in [7, 11) is 0. The van der Waals surface area contributed by atoms with Crippen molar-refractivity contribution in [2.24, 2.45) is 0 Å². The molecular formula is C17H12ClNO4. The first-order valence-corrected chi connectivity index (χ1v) is 7.36. The van der Waals surface area contributed by atoms with Crippen LogP contribution >= 0.6 is 11.6 Å². The molecule has 0 aliphatic carbocycles. The Morgan fingerprint density at radius 2 is 1.91 bits per heavy atom. The second-order valence-electron chi connectivity index (χ2n) is 4.86. The Bertz CT molecular complexity index is 780. The van der Waals surface area contributed by atoms with Gasteiger partial charge in [0.05, 0.1) is 35.4 Å². The van der Waals surface area contributed by atoms with Crippen molar-refractivity contribution in [2.45, 2.75) is 6.42 Å². The molecule has 0 unspecified atom stereocenters. The molecular weight excluding hydrogens is 318 g/mol. The highest BCUT2D eigenvalue weighted by Gasteiger charge is 2.19. The summed E-state index contributed by atoms with van der Waals surface area (Å²) in [4.78, 5) is 12.3. The molecule has 6 heteroatoms. The number of fused-ring (bicyclic) bond motifs is 1. The van der Waals surface area contributed by atoms with Crippen LogP contribution in [-0.2, 0) is 0 Å². The molecule has 0 fully saturated rings. The smallest absolute Gasteiger partial charge is 0.343 e. The van der Waals surface area contributed by atoms with E-state index >= 15 is 0 Å². The lowest BCUT2D eigenvalue weighted by atomic mass is 10.2. The van der Waals surface area contributed by atoms with E-state index in [9.17, 15) is 4.79 Å². The summed E-state index contributed by atoms with van der Waals surface area (Å²) in [5.74, 6) is 0.658. The summed E-state index contributed by atoms with van der Waals surface area (Å²) < 4.78 is 16.3. The van der Waals surface area contributed by atoms with Gasteiger partial charge in [-0.25, -0.2) is 4.79 Å². The van der Waals surface area contributed by atoms with Crippen LogP contribution in [0.2, 0.25) is 5.02 Å². The molecule has 0 spiro atoms. The van der Waals surface area contributed by atoms with E-state index in [-0.39, 0.29) is 5.56 Å². The number of esters is 1. The highest BCUT2D eigenvalue weighted by Crippen LogP contribution is 2.38. The molecule has 116 valence electrons. The highest BCUT2D eigenvalue weighted by atomic mass is 35.5. The number of carbonyl (C=O) groups is 1. The summed E-state index contributed by atoms with van der Waals surface area (Å²) in [5, 5.41) is 9.06. The maximum Gasteiger partial charge on any atom is 0.343 e. The van der Waals surface area contributed by atoms with Gasteiger partial charge in [0.1, 0.15) is 5.75 Å². The van der Waals surface area contributed by atoms with Crippen molar-refractivity contribution in [3.63, 3.8) is 0 Å². The van der Waals surface area contributed by atoms with E-state index in [1.807, 2.05) is 6.07 Å². The van der Waals surface area contributed by atoms with Crippen molar-refractivity contribution >= 4 is 17.6 Å². The number of carbonyl (C=O) groups excluding carboxylic acids is 1. The Hall–Kier alpha value is -2.71. The third-order valence-electron chi connectivity index (χ3n) is 3.23. The van der Waals surface area contributed by atoms with Crippen molar-refractivity contribution in [2.75, 3.05) is 13.2 Å². The number of benzene rings is 2. The predicted molar refractivity (Wildman–Crippen MR) is 83.2 cm³/mol. The fraction of sp³-hybridized carbons (Fsp3) is 0.176. The van der Waals surface area contributed by atoms with Gasteiger partial charge < -0.3 is 14.2 Å². The van der Waals surface area contributed by atoms with E-state index in [1.165, 1.54) is 6.07 Å². The predicted octanol–water partition coefficient (Wildman–Crippen LogP) is 3.59. The zero-order chi connectivity index (χ0) is 16.2. The first-order chi connectivity index (χ1) is 11.2. The van der Waals surface area contributed by atoms with Gasteiger partial charge in [-0.1, -0.05) is 11.6 Å². The summed E-state index contributed by atoms with van der Waals surface area (Å²) in [6.07, 6.45) is 0.746. The minimum Gasteiger partial charge on any atom is -0.489 e. The Labute approximate surface area is 138 Å². The van der Waals surface area contributed by atoms with E-state index in [0.717, 1.165) is 6.42 Å². The second-order valence-corrected chi connectivity index (χ2v) is 5.27. The summed E-state index contributed by atoms with van der Waals surface area (Å²) >= 11 is 6.16. The number of hydrogen-bond acceptors (Lipinski definition) is 5. The van der Waals surface area contributed by atoms with E-state index in [2.05, 4.69) is 0 Å². The van der Waals surface area contributed by atoms with Crippen molar-refractivity contribution in [3.05, 3.63) is 52.5 Å². The second kappa shape index (κ2) is 6.59. The van der Waals surface area contributed by atoms with Crippen LogP contribution in [0, 0.1) is 11.3 Å². The highest BCUT2D eigenvalue weighted by molar-refractivity contribution is 6.32. The summed E-state index contributed by atoms with van der Waals surface area (Å²) in [5.41, 5.74) is 0.757. The molecule has 3 rings (SSSR count). The molecule has 0 aromatic heterocycles. The maximum atomic E-state index is 12.3. The lowest BCUT2D eigenvalue weighted by molar-refractivity contribution is 0.0734. The van der Waals surface area contributed by atoms with Crippen LogP contribution < -0.4 is 14.2 Å². The monoisotopic (exact) mass is 329 g/mol. The molecule has 0 radical (unpaired) electrons. The van der Waals surface area contributed by atoms with Crippen molar-refractivity contribution in [1.82, 2.24) is 0 Å². The Kier molecular flexibility index (Phi) is 4.35. The fourth-order valence-electron chi connectivity index (χ4n) is 2.11. The van der Waals surface area contributed by atoms with Crippen LogP contribution in [-0.4, -0.2) is 19.2 Å². The fourth-order valence-corrected chi connectivity index (χ4v) is 2.38. The first-order valence-electron chi connectivity index (χ1n) is 6.99. The largest absolute Gasteiger partial charge is 0.489 e. The first kappa shape index (κ1) is 15.2. The van der Waals surface area contributed by atoms with Crippen molar-refractivity contribution in [3.8, 4) is 23.3 Å². The van der Waals surface area contributed by atoms with Gasteiger partial charge >= 0.3 is 5.97 Å².